The fourth-order valence-corrected chi connectivity index (χ4v) is 2.94. The molecule has 0 saturated heterocycles. The highest BCUT2D eigenvalue weighted by molar-refractivity contribution is 5.94. The van der Waals surface area contributed by atoms with E-state index in [2.05, 4.69) is 10.4 Å². The smallest absolute Gasteiger partial charge is 0.275 e. The second-order valence-electron chi connectivity index (χ2n) is 6.43. The lowest BCUT2D eigenvalue weighted by Gasteiger charge is -2.11. The van der Waals surface area contributed by atoms with E-state index < -0.39 is 0 Å². The zero-order valence-corrected chi connectivity index (χ0v) is 14.4. The Morgan fingerprint density at radius 2 is 1.85 bits per heavy atom. The number of nitrogens with zero attached hydrogens (tertiary/aromatic N) is 2. The van der Waals surface area contributed by atoms with E-state index in [1.54, 1.807) is 13.2 Å². The van der Waals surface area contributed by atoms with Crippen molar-refractivity contribution in [3.63, 3.8) is 0 Å². The van der Waals surface area contributed by atoms with Gasteiger partial charge >= 0.3 is 0 Å². The molecule has 4 rings (SSSR count). The van der Waals surface area contributed by atoms with Crippen LogP contribution in [0.2, 0.25) is 0 Å². The van der Waals surface area contributed by atoms with Gasteiger partial charge in [-0.3, -0.25) is 9.59 Å². The molecule has 6 nitrogen and oxygen atoms in total. The third-order valence-corrected chi connectivity index (χ3v) is 4.47. The molecule has 1 N–H and O–H groups in total. The zero-order chi connectivity index (χ0) is 18.1. The predicted molar refractivity (Wildman–Crippen MR) is 99.2 cm³/mol. The van der Waals surface area contributed by atoms with Gasteiger partial charge in [0.15, 0.2) is 0 Å². The predicted octanol–water partition coefficient (Wildman–Crippen LogP) is 2.35. The summed E-state index contributed by atoms with van der Waals surface area (Å²) in [6, 6.07) is 15.1. The Bertz CT molecular complexity index is 1020. The van der Waals surface area contributed by atoms with Gasteiger partial charge in [0.25, 0.3) is 5.56 Å². The molecule has 0 bridgehead atoms. The van der Waals surface area contributed by atoms with Crippen LogP contribution >= 0.6 is 0 Å². The number of rotatable bonds is 5. The number of hydrogen-bond donors (Lipinski definition) is 1. The van der Waals surface area contributed by atoms with E-state index in [1.807, 2.05) is 42.5 Å². The number of benzene rings is 2. The van der Waals surface area contributed by atoms with Gasteiger partial charge in [0.1, 0.15) is 12.3 Å². The second kappa shape index (κ2) is 6.63. The van der Waals surface area contributed by atoms with Gasteiger partial charge in [-0.1, -0.05) is 18.2 Å². The normalized spacial score (nSPS) is 13.6. The van der Waals surface area contributed by atoms with Crippen LogP contribution in [0.25, 0.3) is 22.0 Å². The standard InChI is InChI=1S/C20H19N3O3/c1-26-15-10-6-13(7-11-15)19-16-4-2-3-5-17(16)20(25)23(22-19)12-18(24)21-14-8-9-14/h2-7,10-11,14H,8-9,12H2,1H3,(H,21,24). The SMILES string of the molecule is COc1ccc(-c2nn(CC(=O)NC3CC3)c(=O)c3ccccc23)cc1. The summed E-state index contributed by atoms with van der Waals surface area (Å²) in [6.45, 7) is -0.0800. The average Bonchev–Trinajstić information content (AvgIpc) is 3.48. The van der Waals surface area contributed by atoms with Crippen LogP contribution in [-0.2, 0) is 11.3 Å². The third-order valence-electron chi connectivity index (χ3n) is 4.47. The van der Waals surface area contributed by atoms with E-state index in [0.717, 1.165) is 29.5 Å². The first-order valence-electron chi connectivity index (χ1n) is 8.59. The van der Waals surface area contributed by atoms with Gasteiger partial charge in [-0.2, -0.15) is 5.10 Å². The first-order chi connectivity index (χ1) is 12.7. The van der Waals surface area contributed by atoms with Crippen molar-refractivity contribution in [2.45, 2.75) is 25.4 Å². The highest BCUT2D eigenvalue weighted by Gasteiger charge is 2.24. The highest BCUT2D eigenvalue weighted by atomic mass is 16.5. The van der Waals surface area contributed by atoms with Gasteiger partial charge in [0.2, 0.25) is 5.91 Å². The van der Waals surface area contributed by atoms with Gasteiger partial charge in [-0.25, -0.2) is 4.68 Å². The Hall–Kier alpha value is -3.15. The Balaban J connectivity index is 1.80. The van der Waals surface area contributed by atoms with Crippen molar-refractivity contribution < 1.29 is 9.53 Å². The molecule has 2 aromatic carbocycles. The maximum absolute atomic E-state index is 12.7. The number of amides is 1. The summed E-state index contributed by atoms with van der Waals surface area (Å²) in [6.07, 6.45) is 2.01. The molecule has 26 heavy (non-hydrogen) atoms. The molecule has 3 aromatic rings. The first kappa shape index (κ1) is 16.3. The second-order valence-corrected chi connectivity index (χ2v) is 6.43. The fourth-order valence-electron chi connectivity index (χ4n) is 2.94. The number of fused-ring (bicyclic) bond motifs is 1. The molecule has 1 saturated carbocycles. The van der Waals surface area contributed by atoms with Crippen LogP contribution in [0.4, 0.5) is 0 Å². The van der Waals surface area contributed by atoms with Crippen LogP contribution in [0, 0.1) is 0 Å². The number of carbonyl (C=O) groups is 1. The molecule has 1 aromatic heterocycles. The van der Waals surface area contributed by atoms with E-state index in [4.69, 9.17) is 4.74 Å². The molecule has 1 heterocycles. The van der Waals surface area contributed by atoms with E-state index in [0.29, 0.717) is 11.1 Å². The lowest BCUT2D eigenvalue weighted by atomic mass is 10.0. The summed E-state index contributed by atoms with van der Waals surface area (Å²) in [5.41, 5.74) is 1.27. The van der Waals surface area contributed by atoms with Gasteiger partial charge in [-0.05, 0) is 43.2 Å². The Morgan fingerprint density at radius 1 is 1.15 bits per heavy atom. The maximum Gasteiger partial charge on any atom is 0.275 e. The summed E-state index contributed by atoms with van der Waals surface area (Å²) < 4.78 is 6.45. The minimum absolute atomic E-state index is 0.0800. The number of ether oxygens (including phenoxy) is 1. The molecule has 0 atom stereocenters. The summed E-state index contributed by atoms with van der Waals surface area (Å²) in [7, 11) is 1.61. The van der Waals surface area contributed by atoms with Crippen LogP contribution in [0.1, 0.15) is 12.8 Å². The number of carbonyl (C=O) groups excluding carboxylic acids is 1. The lowest BCUT2D eigenvalue weighted by Crippen LogP contribution is -2.35. The number of hydrogen-bond acceptors (Lipinski definition) is 4. The van der Waals surface area contributed by atoms with Crippen LogP contribution in [0.5, 0.6) is 5.75 Å². The summed E-state index contributed by atoms with van der Waals surface area (Å²) in [4.78, 5) is 24.9. The third kappa shape index (κ3) is 3.18. The van der Waals surface area contributed by atoms with Gasteiger partial charge in [-0.15, -0.1) is 0 Å². The van der Waals surface area contributed by atoms with Gasteiger partial charge in [0.05, 0.1) is 18.2 Å². The van der Waals surface area contributed by atoms with Crippen molar-refractivity contribution in [1.82, 2.24) is 15.1 Å². The molecular formula is C20H19N3O3. The van der Waals surface area contributed by atoms with E-state index in [1.165, 1.54) is 4.68 Å². The highest BCUT2D eigenvalue weighted by Crippen LogP contribution is 2.26. The molecule has 1 fully saturated rings. The van der Waals surface area contributed by atoms with Crippen LogP contribution in [0.15, 0.2) is 53.3 Å². The van der Waals surface area contributed by atoms with Crippen molar-refractivity contribution in [1.29, 1.82) is 0 Å². The molecule has 132 valence electrons. The Morgan fingerprint density at radius 3 is 2.50 bits per heavy atom. The van der Waals surface area contributed by atoms with Crippen molar-refractivity contribution >= 4 is 16.7 Å². The molecule has 0 aliphatic heterocycles. The molecule has 1 amide bonds. The summed E-state index contributed by atoms with van der Waals surface area (Å²) in [5, 5.41) is 8.71. The van der Waals surface area contributed by atoms with E-state index in [9.17, 15) is 9.59 Å². The van der Waals surface area contributed by atoms with Crippen molar-refractivity contribution in [3.8, 4) is 17.0 Å². The molecule has 6 heteroatoms. The van der Waals surface area contributed by atoms with Crippen LogP contribution in [-0.4, -0.2) is 28.8 Å². The number of nitrogens with one attached hydrogen (secondary N) is 1. The summed E-state index contributed by atoms with van der Waals surface area (Å²) >= 11 is 0. The molecule has 1 aliphatic carbocycles. The number of aromatic nitrogens is 2. The lowest BCUT2D eigenvalue weighted by molar-refractivity contribution is -0.122. The molecule has 1 aliphatic rings. The quantitative estimate of drug-likeness (QED) is 0.767. The average molecular weight is 349 g/mol. The zero-order valence-electron chi connectivity index (χ0n) is 14.4. The van der Waals surface area contributed by atoms with E-state index >= 15 is 0 Å². The fraction of sp³-hybridized carbons (Fsp3) is 0.250. The molecule has 0 spiro atoms. The maximum atomic E-state index is 12.7. The molecule has 0 unspecified atom stereocenters. The minimum Gasteiger partial charge on any atom is -0.497 e. The Kier molecular flexibility index (Phi) is 4.16. The molecular weight excluding hydrogens is 330 g/mol. The van der Waals surface area contributed by atoms with E-state index in [-0.39, 0.29) is 24.1 Å². The minimum atomic E-state index is -0.260. The van der Waals surface area contributed by atoms with Crippen LogP contribution < -0.4 is 15.6 Å². The van der Waals surface area contributed by atoms with Gasteiger partial charge < -0.3 is 10.1 Å². The van der Waals surface area contributed by atoms with Crippen molar-refractivity contribution in [2.75, 3.05) is 7.11 Å². The van der Waals surface area contributed by atoms with Gasteiger partial charge in [0, 0.05) is 17.0 Å². The summed E-state index contributed by atoms with van der Waals surface area (Å²) in [5.74, 6) is 0.563. The van der Waals surface area contributed by atoms with Crippen LogP contribution in [0.3, 0.4) is 0 Å². The first-order valence-corrected chi connectivity index (χ1v) is 8.59. The Labute approximate surface area is 150 Å². The van der Waals surface area contributed by atoms with Crippen molar-refractivity contribution in [3.05, 3.63) is 58.9 Å². The van der Waals surface area contributed by atoms with Crippen molar-refractivity contribution in [2.24, 2.45) is 0 Å². The number of methoxy groups -OCH3 is 1. The molecule has 0 radical (unpaired) electrons. The monoisotopic (exact) mass is 349 g/mol. The topological polar surface area (TPSA) is 73.2 Å². The largest absolute Gasteiger partial charge is 0.497 e.